The van der Waals surface area contributed by atoms with E-state index in [2.05, 4.69) is 16.3 Å². The molecule has 1 aromatic carbocycles. The number of nitrogens with one attached hydrogen (secondary N) is 1. The Morgan fingerprint density at radius 2 is 2.19 bits per heavy atom. The van der Waals surface area contributed by atoms with Gasteiger partial charge in [0.05, 0.1) is 18.2 Å². The van der Waals surface area contributed by atoms with Gasteiger partial charge < -0.3 is 15.0 Å². The summed E-state index contributed by atoms with van der Waals surface area (Å²) in [5, 5.41) is 12.9. The first kappa shape index (κ1) is 14.3. The van der Waals surface area contributed by atoms with E-state index in [1.165, 1.54) is 25.7 Å². The maximum atomic E-state index is 8.95. The second-order valence-electron chi connectivity index (χ2n) is 5.62. The quantitative estimate of drug-likeness (QED) is 0.851. The van der Waals surface area contributed by atoms with Crippen LogP contribution in [0.3, 0.4) is 0 Å². The number of nitrogens with zero attached hydrogens (tertiary/aromatic N) is 2. The first-order valence-electron chi connectivity index (χ1n) is 7.47. The van der Waals surface area contributed by atoms with Crippen molar-refractivity contribution in [2.75, 3.05) is 18.5 Å². The number of thiocarbonyl (C=S) groups is 1. The monoisotopic (exact) mass is 301 g/mol. The summed E-state index contributed by atoms with van der Waals surface area (Å²) in [6.45, 7) is 1.58. The molecule has 21 heavy (non-hydrogen) atoms. The van der Waals surface area contributed by atoms with Gasteiger partial charge >= 0.3 is 0 Å². The zero-order chi connectivity index (χ0) is 14.7. The number of ether oxygens (including phenoxy) is 1. The van der Waals surface area contributed by atoms with Gasteiger partial charge in [-0.05, 0) is 43.3 Å². The Balaban J connectivity index is 1.67. The molecule has 2 aliphatic rings. The Labute approximate surface area is 130 Å². The summed E-state index contributed by atoms with van der Waals surface area (Å²) in [4.78, 5) is 2.16. The van der Waals surface area contributed by atoms with Crippen molar-refractivity contribution < 1.29 is 4.74 Å². The maximum absolute atomic E-state index is 8.95. The van der Waals surface area contributed by atoms with Gasteiger partial charge in [0.25, 0.3) is 0 Å². The van der Waals surface area contributed by atoms with Crippen LogP contribution in [0.2, 0.25) is 0 Å². The lowest BCUT2D eigenvalue weighted by atomic mass is 10.1. The van der Waals surface area contributed by atoms with Crippen LogP contribution in [0, 0.1) is 17.2 Å². The summed E-state index contributed by atoms with van der Waals surface area (Å²) in [5.74, 6) is 0.595. The van der Waals surface area contributed by atoms with E-state index in [0.29, 0.717) is 16.6 Å². The molecule has 110 valence electrons. The maximum Gasteiger partial charge on any atom is 0.175 e. The van der Waals surface area contributed by atoms with Crippen LogP contribution in [0.5, 0.6) is 0 Å². The molecule has 4 nitrogen and oxygen atoms in total. The molecule has 1 unspecified atom stereocenters. The average molecular weight is 301 g/mol. The molecule has 1 aliphatic heterocycles. The standard InChI is InChI=1S/C16H19N3OS/c17-11-12-4-3-7-14(10-12)18-16(21)19-8-9-20-15(19)13-5-1-2-6-13/h3-4,7,10,13,15H,1-2,5-6,8-9H2,(H,18,21). The smallest absolute Gasteiger partial charge is 0.175 e. The van der Waals surface area contributed by atoms with Crippen molar-refractivity contribution in [2.45, 2.75) is 31.9 Å². The predicted molar refractivity (Wildman–Crippen MR) is 85.8 cm³/mol. The van der Waals surface area contributed by atoms with Crippen molar-refractivity contribution in [1.82, 2.24) is 4.90 Å². The third kappa shape index (κ3) is 3.17. The summed E-state index contributed by atoms with van der Waals surface area (Å²) in [6.07, 6.45) is 5.17. The fourth-order valence-corrected chi connectivity index (χ4v) is 3.51. The van der Waals surface area contributed by atoms with E-state index >= 15 is 0 Å². The average Bonchev–Trinajstić information content (AvgIpc) is 3.18. The van der Waals surface area contributed by atoms with Crippen molar-refractivity contribution in [3.63, 3.8) is 0 Å². The van der Waals surface area contributed by atoms with Crippen molar-refractivity contribution in [2.24, 2.45) is 5.92 Å². The van der Waals surface area contributed by atoms with Crippen LogP contribution in [0.25, 0.3) is 0 Å². The molecule has 1 N–H and O–H groups in total. The SMILES string of the molecule is N#Cc1cccc(NC(=S)N2CCOC2C2CCCC2)c1. The Morgan fingerprint density at radius 3 is 2.95 bits per heavy atom. The van der Waals surface area contributed by atoms with Gasteiger partial charge in [-0.3, -0.25) is 0 Å². The summed E-state index contributed by atoms with van der Waals surface area (Å²) in [6, 6.07) is 9.53. The number of hydrogen-bond acceptors (Lipinski definition) is 3. The number of benzene rings is 1. The van der Waals surface area contributed by atoms with Gasteiger partial charge in [-0.15, -0.1) is 0 Å². The topological polar surface area (TPSA) is 48.3 Å². The molecule has 1 saturated carbocycles. The Kier molecular flexibility index (Phi) is 4.37. The van der Waals surface area contributed by atoms with Crippen LogP contribution < -0.4 is 5.32 Å². The molecule has 1 aromatic rings. The van der Waals surface area contributed by atoms with Gasteiger partial charge in [-0.1, -0.05) is 18.9 Å². The van der Waals surface area contributed by atoms with Crippen molar-refractivity contribution >= 4 is 23.0 Å². The fourth-order valence-electron chi connectivity index (χ4n) is 3.20. The second kappa shape index (κ2) is 6.42. The molecular weight excluding hydrogens is 282 g/mol. The van der Waals surface area contributed by atoms with Gasteiger partial charge in [0.2, 0.25) is 0 Å². The molecule has 1 saturated heterocycles. The van der Waals surface area contributed by atoms with Crippen molar-refractivity contribution in [3.8, 4) is 6.07 Å². The molecule has 5 heteroatoms. The van der Waals surface area contributed by atoms with Crippen molar-refractivity contribution in [1.29, 1.82) is 5.26 Å². The molecule has 0 amide bonds. The molecule has 0 radical (unpaired) electrons. The highest BCUT2D eigenvalue weighted by Crippen LogP contribution is 2.33. The van der Waals surface area contributed by atoms with Crippen LogP contribution in [-0.2, 0) is 4.74 Å². The zero-order valence-electron chi connectivity index (χ0n) is 11.9. The van der Waals surface area contributed by atoms with Crippen LogP contribution in [0.1, 0.15) is 31.2 Å². The van der Waals surface area contributed by atoms with Crippen LogP contribution in [0.4, 0.5) is 5.69 Å². The third-order valence-corrected chi connectivity index (χ3v) is 4.57. The highest BCUT2D eigenvalue weighted by molar-refractivity contribution is 7.80. The van der Waals surface area contributed by atoms with E-state index < -0.39 is 0 Å². The fraction of sp³-hybridized carbons (Fsp3) is 0.500. The summed E-state index contributed by atoms with van der Waals surface area (Å²) in [7, 11) is 0. The Bertz CT molecular complexity index is 563. The molecule has 1 atom stereocenters. The summed E-state index contributed by atoms with van der Waals surface area (Å²) >= 11 is 5.54. The number of hydrogen-bond donors (Lipinski definition) is 1. The van der Waals surface area contributed by atoms with Crippen molar-refractivity contribution in [3.05, 3.63) is 29.8 Å². The highest BCUT2D eigenvalue weighted by Gasteiger charge is 2.35. The normalized spacial score (nSPS) is 22.2. The first-order valence-corrected chi connectivity index (χ1v) is 7.88. The largest absolute Gasteiger partial charge is 0.356 e. The minimum atomic E-state index is 0.117. The highest BCUT2D eigenvalue weighted by atomic mass is 32.1. The molecular formula is C16H19N3OS. The number of nitriles is 1. The molecule has 3 rings (SSSR count). The molecule has 1 heterocycles. The number of anilines is 1. The van der Waals surface area contributed by atoms with E-state index in [1.54, 1.807) is 6.07 Å². The minimum Gasteiger partial charge on any atom is -0.356 e. The van der Waals surface area contributed by atoms with Crippen LogP contribution in [-0.4, -0.2) is 29.4 Å². The lowest BCUT2D eigenvalue weighted by Gasteiger charge is -2.30. The summed E-state index contributed by atoms with van der Waals surface area (Å²) in [5.41, 5.74) is 1.49. The van der Waals surface area contributed by atoms with E-state index in [0.717, 1.165) is 18.8 Å². The lowest BCUT2D eigenvalue weighted by Crippen LogP contribution is -2.42. The van der Waals surface area contributed by atoms with Crippen LogP contribution in [0.15, 0.2) is 24.3 Å². The minimum absolute atomic E-state index is 0.117. The van der Waals surface area contributed by atoms with Gasteiger partial charge in [-0.25, -0.2) is 0 Å². The van der Waals surface area contributed by atoms with Gasteiger partial charge in [0.15, 0.2) is 5.11 Å². The first-order chi connectivity index (χ1) is 10.3. The molecule has 0 spiro atoms. The van der Waals surface area contributed by atoms with Gasteiger partial charge in [0.1, 0.15) is 6.23 Å². The van der Waals surface area contributed by atoms with Crippen LogP contribution >= 0.6 is 12.2 Å². The summed E-state index contributed by atoms with van der Waals surface area (Å²) < 4.78 is 5.90. The Morgan fingerprint density at radius 1 is 1.38 bits per heavy atom. The molecule has 0 bridgehead atoms. The predicted octanol–water partition coefficient (Wildman–Crippen LogP) is 3.10. The molecule has 2 fully saturated rings. The van der Waals surface area contributed by atoms with Gasteiger partial charge in [0, 0.05) is 18.2 Å². The van der Waals surface area contributed by atoms with Gasteiger partial charge in [-0.2, -0.15) is 5.26 Å². The zero-order valence-corrected chi connectivity index (χ0v) is 12.7. The molecule has 1 aliphatic carbocycles. The Hall–Kier alpha value is -1.64. The van der Waals surface area contributed by atoms with E-state index in [9.17, 15) is 0 Å². The molecule has 0 aromatic heterocycles. The second-order valence-corrected chi connectivity index (χ2v) is 6.01. The van der Waals surface area contributed by atoms with E-state index in [4.69, 9.17) is 22.2 Å². The van der Waals surface area contributed by atoms with E-state index in [-0.39, 0.29) is 6.23 Å². The number of rotatable bonds is 2. The third-order valence-electron chi connectivity index (χ3n) is 4.23. The lowest BCUT2D eigenvalue weighted by molar-refractivity contribution is 0.0170. The van der Waals surface area contributed by atoms with E-state index in [1.807, 2.05) is 18.2 Å².